The molecule has 0 saturated carbocycles. The summed E-state index contributed by atoms with van der Waals surface area (Å²) in [5.74, 6) is -0.225. The third-order valence-electron chi connectivity index (χ3n) is 5.00. The summed E-state index contributed by atoms with van der Waals surface area (Å²) < 4.78 is 5.36. The number of unbranched alkanes of at least 4 members (excludes halogenated alkanes) is 2. The highest BCUT2D eigenvalue weighted by molar-refractivity contribution is 7.80. The molecule has 152 valence electrons. The summed E-state index contributed by atoms with van der Waals surface area (Å²) in [4.78, 5) is 14.0. The Bertz CT molecular complexity index is 628. The number of fused-ring (bicyclic) bond motifs is 1. The fourth-order valence-corrected chi connectivity index (χ4v) is 5.21. The van der Waals surface area contributed by atoms with E-state index in [4.69, 9.17) is 17.0 Å². The fourth-order valence-electron chi connectivity index (χ4n) is 3.56. The molecule has 1 aliphatic rings. The van der Waals surface area contributed by atoms with E-state index in [-0.39, 0.29) is 5.97 Å². The second-order valence-corrected chi connectivity index (χ2v) is 8.85. The third kappa shape index (κ3) is 6.75. The average molecular weight is 411 g/mol. The molecule has 1 aromatic rings. The van der Waals surface area contributed by atoms with Gasteiger partial charge in [-0.1, -0.05) is 39.0 Å². The first kappa shape index (κ1) is 22.2. The van der Waals surface area contributed by atoms with Crippen LogP contribution < -0.4 is 10.6 Å². The van der Waals surface area contributed by atoms with E-state index in [1.54, 1.807) is 11.3 Å². The van der Waals surface area contributed by atoms with Crippen molar-refractivity contribution < 1.29 is 9.53 Å². The summed E-state index contributed by atoms with van der Waals surface area (Å²) in [7, 11) is 0. The van der Waals surface area contributed by atoms with E-state index in [0.717, 1.165) is 30.7 Å². The van der Waals surface area contributed by atoms with Crippen molar-refractivity contribution in [1.82, 2.24) is 5.32 Å². The topological polar surface area (TPSA) is 50.4 Å². The second kappa shape index (κ2) is 11.6. The molecule has 0 saturated heterocycles. The lowest BCUT2D eigenvalue weighted by Gasteiger charge is -2.17. The van der Waals surface area contributed by atoms with Crippen LogP contribution in [-0.2, 0) is 17.6 Å². The number of carbonyl (C=O) groups is 1. The smallest absolute Gasteiger partial charge is 0.341 e. The highest BCUT2D eigenvalue weighted by Crippen LogP contribution is 2.37. The highest BCUT2D eigenvalue weighted by atomic mass is 32.1. The predicted octanol–water partition coefficient (Wildman–Crippen LogP) is 5.84. The molecule has 2 N–H and O–H groups in total. The van der Waals surface area contributed by atoms with Crippen molar-refractivity contribution in [3.8, 4) is 0 Å². The Balaban J connectivity index is 2.13. The molecule has 2 rings (SSSR count). The number of anilines is 1. The normalized spacial score (nSPS) is 15.2. The van der Waals surface area contributed by atoms with Crippen molar-refractivity contribution in [3.05, 3.63) is 16.0 Å². The molecule has 1 heterocycles. The van der Waals surface area contributed by atoms with Crippen molar-refractivity contribution in [2.45, 2.75) is 91.0 Å². The van der Waals surface area contributed by atoms with Crippen molar-refractivity contribution in [2.24, 2.45) is 0 Å². The first-order valence-corrected chi connectivity index (χ1v) is 11.7. The lowest BCUT2D eigenvalue weighted by atomic mass is 9.96. The minimum Gasteiger partial charge on any atom is -0.462 e. The molecule has 0 spiro atoms. The zero-order chi connectivity index (χ0) is 19.6. The Labute approximate surface area is 173 Å². The van der Waals surface area contributed by atoms with E-state index < -0.39 is 0 Å². The summed E-state index contributed by atoms with van der Waals surface area (Å²) in [5, 5.41) is 8.11. The van der Waals surface area contributed by atoms with Gasteiger partial charge in [0, 0.05) is 10.9 Å². The molecular weight excluding hydrogens is 376 g/mol. The molecule has 1 unspecified atom stereocenters. The van der Waals surface area contributed by atoms with Gasteiger partial charge in [-0.2, -0.15) is 0 Å². The van der Waals surface area contributed by atoms with Crippen LogP contribution in [0.4, 0.5) is 5.00 Å². The Kier molecular flexibility index (Phi) is 9.56. The molecule has 0 radical (unpaired) electrons. The fraction of sp³-hybridized carbons (Fsp3) is 0.714. The number of nitrogens with one attached hydrogen (secondary N) is 2. The van der Waals surface area contributed by atoms with Crippen LogP contribution in [0, 0.1) is 0 Å². The number of thiophene rings is 1. The minimum atomic E-state index is -0.225. The van der Waals surface area contributed by atoms with Gasteiger partial charge in [0.05, 0.1) is 12.2 Å². The van der Waals surface area contributed by atoms with Gasteiger partial charge >= 0.3 is 5.97 Å². The monoisotopic (exact) mass is 410 g/mol. The average Bonchev–Trinajstić information content (AvgIpc) is 2.91. The van der Waals surface area contributed by atoms with Crippen molar-refractivity contribution in [2.75, 3.05) is 11.9 Å². The van der Waals surface area contributed by atoms with Crippen LogP contribution in [0.15, 0.2) is 0 Å². The molecule has 1 aromatic heterocycles. The third-order valence-corrected chi connectivity index (χ3v) is 6.42. The van der Waals surface area contributed by atoms with E-state index >= 15 is 0 Å². The predicted molar refractivity (Wildman–Crippen MR) is 119 cm³/mol. The maximum atomic E-state index is 12.7. The van der Waals surface area contributed by atoms with Crippen molar-refractivity contribution in [3.63, 3.8) is 0 Å². The zero-order valence-electron chi connectivity index (χ0n) is 17.0. The highest BCUT2D eigenvalue weighted by Gasteiger charge is 2.25. The van der Waals surface area contributed by atoms with Gasteiger partial charge in [-0.3, -0.25) is 0 Å². The van der Waals surface area contributed by atoms with Gasteiger partial charge in [-0.15, -0.1) is 11.3 Å². The van der Waals surface area contributed by atoms with Crippen LogP contribution in [0.25, 0.3) is 0 Å². The van der Waals surface area contributed by atoms with E-state index in [1.807, 2.05) is 6.92 Å². The van der Waals surface area contributed by atoms with Crippen LogP contribution in [0.5, 0.6) is 0 Å². The van der Waals surface area contributed by atoms with Gasteiger partial charge in [0.1, 0.15) is 5.00 Å². The number of hydrogen-bond acceptors (Lipinski definition) is 4. The number of hydrogen-bond donors (Lipinski definition) is 2. The van der Waals surface area contributed by atoms with Gasteiger partial charge < -0.3 is 15.4 Å². The molecule has 0 aromatic carbocycles. The van der Waals surface area contributed by atoms with E-state index in [0.29, 0.717) is 23.3 Å². The SMILES string of the molecule is CCCCCC(C)NC(=S)Nc1sc2c(c1C(=O)OCC)CCCCCC2. The van der Waals surface area contributed by atoms with Crippen LogP contribution in [0.1, 0.15) is 92.9 Å². The summed E-state index contributed by atoms with van der Waals surface area (Å²) >= 11 is 7.20. The molecule has 6 heteroatoms. The molecule has 27 heavy (non-hydrogen) atoms. The molecule has 1 atom stereocenters. The summed E-state index contributed by atoms with van der Waals surface area (Å²) in [6.07, 6.45) is 11.6. The number of carbonyl (C=O) groups excluding carboxylic acids is 1. The number of aryl methyl sites for hydroxylation is 1. The van der Waals surface area contributed by atoms with Crippen molar-refractivity contribution in [1.29, 1.82) is 0 Å². The van der Waals surface area contributed by atoms with Gasteiger partial charge in [0.15, 0.2) is 5.11 Å². The summed E-state index contributed by atoms with van der Waals surface area (Å²) in [6.45, 7) is 6.61. The molecule has 0 fully saturated rings. The number of esters is 1. The molecule has 0 amide bonds. The maximum absolute atomic E-state index is 12.7. The number of thiocarbonyl (C=S) groups is 1. The van der Waals surface area contributed by atoms with Gasteiger partial charge in [0.25, 0.3) is 0 Å². The summed E-state index contributed by atoms with van der Waals surface area (Å²) in [5.41, 5.74) is 1.89. The minimum absolute atomic E-state index is 0.225. The van der Waals surface area contributed by atoms with Crippen LogP contribution in [0.3, 0.4) is 0 Å². The molecule has 0 bridgehead atoms. The number of ether oxygens (including phenoxy) is 1. The molecule has 0 aliphatic heterocycles. The largest absolute Gasteiger partial charge is 0.462 e. The Morgan fingerprint density at radius 3 is 2.63 bits per heavy atom. The maximum Gasteiger partial charge on any atom is 0.341 e. The summed E-state index contributed by atoms with van der Waals surface area (Å²) in [6, 6.07) is 0.323. The molecule has 1 aliphatic carbocycles. The first-order valence-electron chi connectivity index (χ1n) is 10.5. The van der Waals surface area contributed by atoms with E-state index in [9.17, 15) is 4.79 Å². The quantitative estimate of drug-likeness (QED) is 0.320. The lowest BCUT2D eigenvalue weighted by molar-refractivity contribution is 0.0526. The van der Waals surface area contributed by atoms with Crippen molar-refractivity contribution >= 4 is 39.6 Å². The second-order valence-electron chi connectivity index (χ2n) is 7.34. The first-order chi connectivity index (χ1) is 13.1. The van der Waals surface area contributed by atoms with E-state index in [2.05, 4.69) is 24.5 Å². The Morgan fingerprint density at radius 1 is 1.19 bits per heavy atom. The van der Waals surface area contributed by atoms with Crippen LogP contribution in [-0.4, -0.2) is 23.7 Å². The van der Waals surface area contributed by atoms with Gasteiger partial charge in [-0.05, 0) is 63.7 Å². The molecular formula is C21H34N2O2S2. The standard InChI is InChI=1S/C21H34N2O2S2/c1-4-6-9-12-15(3)22-21(26)23-19-18(20(24)25-5-2)16-13-10-7-8-11-14-17(16)27-19/h15H,4-14H2,1-3H3,(H2,22,23,26). The van der Waals surface area contributed by atoms with E-state index in [1.165, 1.54) is 49.0 Å². The Hall–Kier alpha value is -1.14. The van der Waals surface area contributed by atoms with Gasteiger partial charge in [0.2, 0.25) is 0 Å². The lowest BCUT2D eigenvalue weighted by Crippen LogP contribution is -2.36. The Morgan fingerprint density at radius 2 is 1.93 bits per heavy atom. The van der Waals surface area contributed by atoms with Gasteiger partial charge in [-0.25, -0.2) is 4.79 Å². The number of rotatable bonds is 8. The van der Waals surface area contributed by atoms with Crippen LogP contribution >= 0.6 is 23.6 Å². The molecule has 4 nitrogen and oxygen atoms in total. The van der Waals surface area contributed by atoms with Crippen LogP contribution in [0.2, 0.25) is 0 Å². The zero-order valence-corrected chi connectivity index (χ0v) is 18.6.